The van der Waals surface area contributed by atoms with Crippen LogP contribution in [-0.4, -0.2) is 23.7 Å². The van der Waals surface area contributed by atoms with E-state index in [0.29, 0.717) is 12.4 Å². The van der Waals surface area contributed by atoms with Gasteiger partial charge in [-0.3, -0.25) is 0 Å². The zero-order valence-electron chi connectivity index (χ0n) is 10.2. The molecule has 17 heavy (non-hydrogen) atoms. The predicted octanol–water partition coefficient (Wildman–Crippen LogP) is 1.90. The van der Waals surface area contributed by atoms with Crippen molar-refractivity contribution in [3.63, 3.8) is 0 Å². The molecule has 0 saturated heterocycles. The summed E-state index contributed by atoms with van der Waals surface area (Å²) in [5, 5.41) is 0. The van der Waals surface area contributed by atoms with Gasteiger partial charge in [0.15, 0.2) is 5.82 Å². The van der Waals surface area contributed by atoms with Crippen LogP contribution in [0.25, 0.3) is 10.2 Å². The van der Waals surface area contributed by atoms with Crippen LogP contribution in [0.2, 0.25) is 0 Å². The number of thiophene rings is 1. The Morgan fingerprint density at radius 2 is 2.24 bits per heavy atom. The Bertz CT molecular complexity index is 523. The number of methoxy groups -OCH3 is 1. The van der Waals surface area contributed by atoms with E-state index in [9.17, 15) is 0 Å². The van der Waals surface area contributed by atoms with E-state index in [1.165, 1.54) is 11.2 Å². The third kappa shape index (κ3) is 2.24. The van der Waals surface area contributed by atoms with E-state index in [1.807, 2.05) is 0 Å². The molecule has 0 unspecified atom stereocenters. The zero-order valence-corrected chi connectivity index (χ0v) is 11.0. The molecule has 2 rings (SSSR count). The Morgan fingerprint density at radius 3 is 2.88 bits per heavy atom. The van der Waals surface area contributed by atoms with Crippen molar-refractivity contribution in [3.05, 3.63) is 17.3 Å². The maximum Gasteiger partial charge on any atom is 0.161 e. The smallest absolute Gasteiger partial charge is 0.161 e. The second kappa shape index (κ2) is 4.56. The van der Waals surface area contributed by atoms with Crippen molar-refractivity contribution in [3.8, 4) is 0 Å². The minimum absolute atomic E-state index is 0.0357. The number of ether oxygens (including phenoxy) is 1. The van der Waals surface area contributed by atoms with E-state index >= 15 is 0 Å². The topological polar surface area (TPSA) is 73.1 Å². The maximum absolute atomic E-state index is 5.43. The van der Waals surface area contributed by atoms with E-state index < -0.39 is 0 Å². The van der Waals surface area contributed by atoms with Crippen LogP contribution < -0.4 is 11.3 Å². The molecule has 0 atom stereocenters. The summed E-state index contributed by atoms with van der Waals surface area (Å²) in [6.45, 7) is 4.95. The van der Waals surface area contributed by atoms with Gasteiger partial charge in [0.05, 0.1) is 16.8 Å². The summed E-state index contributed by atoms with van der Waals surface area (Å²) >= 11 is 1.65. The number of anilines is 1. The van der Waals surface area contributed by atoms with Gasteiger partial charge in [-0.15, -0.1) is 11.3 Å². The van der Waals surface area contributed by atoms with E-state index in [2.05, 4.69) is 35.3 Å². The Kier molecular flexibility index (Phi) is 3.28. The summed E-state index contributed by atoms with van der Waals surface area (Å²) in [6, 6.07) is 2.07. The van der Waals surface area contributed by atoms with Crippen molar-refractivity contribution >= 4 is 27.4 Å². The van der Waals surface area contributed by atoms with Crippen LogP contribution >= 0.6 is 11.3 Å². The molecule has 5 nitrogen and oxygen atoms in total. The van der Waals surface area contributed by atoms with Crippen molar-refractivity contribution in [1.29, 1.82) is 0 Å². The molecule has 3 N–H and O–H groups in total. The van der Waals surface area contributed by atoms with Gasteiger partial charge in [0, 0.05) is 17.4 Å². The van der Waals surface area contributed by atoms with E-state index in [0.717, 1.165) is 10.2 Å². The summed E-state index contributed by atoms with van der Waals surface area (Å²) in [6.07, 6.45) is 1.51. The molecule has 0 aliphatic heterocycles. The summed E-state index contributed by atoms with van der Waals surface area (Å²) < 4.78 is 6.22. The Hall–Kier alpha value is -1.24. The number of hydrogen-bond donors (Lipinski definition) is 2. The molecule has 6 heteroatoms. The molecule has 2 aromatic heterocycles. The molecular weight excluding hydrogens is 236 g/mol. The lowest BCUT2D eigenvalue weighted by atomic mass is 9.93. The fourth-order valence-electron chi connectivity index (χ4n) is 1.72. The van der Waals surface area contributed by atoms with Gasteiger partial charge in [-0.25, -0.2) is 15.8 Å². The fraction of sp³-hybridized carbons (Fsp3) is 0.455. The molecular formula is C11H16N4OS. The molecule has 0 spiro atoms. The van der Waals surface area contributed by atoms with E-state index in [-0.39, 0.29) is 5.41 Å². The van der Waals surface area contributed by atoms with Crippen molar-refractivity contribution in [2.45, 2.75) is 19.3 Å². The SMILES string of the molecule is COCC(C)(C)c1cc2ncnc(NN)c2s1. The monoisotopic (exact) mass is 252 g/mol. The molecule has 2 aromatic rings. The van der Waals surface area contributed by atoms with Crippen LogP contribution in [0.15, 0.2) is 12.4 Å². The Balaban J connectivity index is 2.51. The number of hydrazine groups is 1. The number of nitrogens with zero attached hydrogens (tertiary/aromatic N) is 2. The maximum atomic E-state index is 5.43. The summed E-state index contributed by atoms with van der Waals surface area (Å²) in [5.74, 6) is 6.10. The molecule has 0 bridgehead atoms. The van der Waals surface area contributed by atoms with Crippen LogP contribution in [0.4, 0.5) is 5.82 Å². The van der Waals surface area contributed by atoms with Crippen LogP contribution in [0.1, 0.15) is 18.7 Å². The van der Waals surface area contributed by atoms with Crippen LogP contribution in [0, 0.1) is 0 Å². The Morgan fingerprint density at radius 1 is 1.47 bits per heavy atom. The summed E-state index contributed by atoms with van der Waals surface area (Å²) in [5.41, 5.74) is 3.47. The highest BCUT2D eigenvalue weighted by atomic mass is 32.1. The average molecular weight is 252 g/mol. The minimum atomic E-state index is -0.0357. The first kappa shape index (κ1) is 12.2. The number of nitrogen functional groups attached to an aromatic ring is 1. The average Bonchev–Trinajstić information content (AvgIpc) is 2.73. The Labute approximate surface area is 104 Å². The predicted molar refractivity (Wildman–Crippen MR) is 70.1 cm³/mol. The van der Waals surface area contributed by atoms with Crippen molar-refractivity contribution < 1.29 is 4.74 Å². The van der Waals surface area contributed by atoms with Gasteiger partial charge in [-0.05, 0) is 6.07 Å². The molecule has 0 amide bonds. The van der Waals surface area contributed by atoms with Gasteiger partial charge in [0.25, 0.3) is 0 Å². The van der Waals surface area contributed by atoms with Crippen molar-refractivity contribution in [2.24, 2.45) is 5.84 Å². The van der Waals surface area contributed by atoms with Crippen LogP contribution in [0.3, 0.4) is 0 Å². The highest BCUT2D eigenvalue weighted by Crippen LogP contribution is 2.36. The van der Waals surface area contributed by atoms with Gasteiger partial charge < -0.3 is 10.2 Å². The first-order chi connectivity index (χ1) is 8.08. The number of rotatable bonds is 4. The lowest BCUT2D eigenvalue weighted by Crippen LogP contribution is -2.21. The summed E-state index contributed by atoms with van der Waals surface area (Å²) in [4.78, 5) is 9.56. The molecule has 0 aliphatic rings. The molecule has 92 valence electrons. The van der Waals surface area contributed by atoms with Crippen LogP contribution in [-0.2, 0) is 10.2 Å². The highest BCUT2D eigenvalue weighted by molar-refractivity contribution is 7.19. The standard InChI is InChI=1S/C11H16N4OS/c1-11(2,5-16-3)8-4-7-9(17-8)10(15-12)14-6-13-7/h4,6H,5,12H2,1-3H3,(H,13,14,15). The quantitative estimate of drug-likeness (QED) is 0.642. The number of nitrogens with one attached hydrogen (secondary N) is 1. The molecule has 0 saturated carbocycles. The van der Waals surface area contributed by atoms with E-state index in [1.54, 1.807) is 18.4 Å². The largest absolute Gasteiger partial charge is 0.384 e. The molecule has 2 heterocycles. The molecule has 0 aliphatic carbocycles. The van der Waals surface area contributed by atoms with Gasteiger partial charge in [-0.2, -0.15) is 0 Å². The summed E-state index contributed by atoms with van der Waals surface area (Å²) in [7, 11) is 1.71. The lowest BCUT2D eigenvalue weighted by molar-refractivity contribution is 0.148. The normalized spacial score (nSPS) is 12.0. The van der Waals surface area contributed by atoms with E-state index in [4.69, 9.17) is 10.6 Å². The lowest BCUT2D eigenvalue weighted by Gasteiger charge is -2.21. The minimum Gasteiger partial charge on any atom is -0.384 e. The third-order valence-corrected chi connectivity index (χ3v) is 4.12. The zero-order chi connectivity index (χ0) is 12.5. The number of hydrogen-bond acceptors (Lipinski definition) is 6. The second-order valence-corrected chi connectivity index (χ2v) is 5.56. The first-order valence-electron chi connectivity index (χ1n) is 5.29. The number of nitrogens with two attached hydrogens (primary N) is 1. The van der Waals surface area contributed by atoms with Gasteiger partial charge in [-0.1, -0.05) is 13.8 Å². The number of fused-ring (bicyclic) bond motifs is 1. The fourth-order valence-corrected chi connectivity index (χ4v) is 2.87. The third-order valence-electron chi connectivity index (χ3n) is 2.62. The second-order valence-electron chi connectivity index (χ2n) is 4.51. The highest BCUT2D eigenvalue weighted by Gasteiger charge is 2.24. The molecule has 0 fully saturated rings. The molecule has 0 radical (unpaired) electrons. The first-order valence-corrected chi connectivity index (χ1v) is 6.10. The van der Waals surface area contributed by atoms with Crippen LogP contribution in [0.5, 0.6) is 0 Å². The van der Waals surface area contributed by atoms with Gasteiger partial charge in [0.1, 0.15) is 6.33 Å². The van der Waals surface area contributed by atoms with Gasteiger partial charge in [0.2, 0.25) is 0 Å². The van der Waals surface area contributed by atoms with Gasteiger partial charge >= 0.3 is 0 Å². The molecule has 0 aromatic carbocycles. The van der Waals surface area contributed by atoms with Crippen molar-refractivity contribution in [1.82, 2.24) is 9.97 Å². The number of aromatic nitrogens is 2. The van der Waals surface area contributed by atoms with Crippen molar-refractivity contribution in [2.75, 3.05) is 19.1 Å².